The lowest BCUT2D eigenvalue weighted by Crippen LogP contribution is -2.53. The van der Waals surface area contributed by atoms with Crippen LogP contribution in [-0.4, -0.2) is 36.7 Å². The SMILES string of the molecule is CC1(C)Cc2cc(-c3cccc(F)c3F)ccc2C1NC(=O)O[C@H]1CN2CCC1CC2. The summed E-state index contributed by atoms with van der Waals surface area (Å²) in [6, 6.07) is 9.66. The predicted octanol–water partition coefficient (Wildman–Crippen LogP) is 5.08. The van der Waals surface area contributed by atoms with E-state index in [2.05, 4.69) is 24.1 Å². The molecular weight excluding hydrogens is 398 g/mol. The van der Waals surface area contributed by atoms with Gasteiger partial charge >= 0.3 is 6.09 Å². The van der Waals surface area contributed by atoms with E-state index >= 15 is 0 Å². The molecule has 2 aromatic carbocycles. The Balaban J connectivity index is 1.35. The number of piperidine rings is 3. The lowest BCUT2D eigenvalue weighted by molar-refractivity contribution is -0.0348. The Hall–Kier alpha value is -2.47. The van der Waals surface area contributed by atoms with E-state index in [4.69, 9.17) is 4.74 Å². The van der Waals surface area contributed by atoms with E-state index in [0.717, 1.165) is 56.1 Å². The largest absolute Gasteiger partial charge is 0.445 e. The molecule has 2 aromatic rings. The number of hydrogen-bond donors (Lipinski definition) is 1. The van der Waals surface area contributed by atoms with Crippen molar-refractivity contribution in [2.45, 2.75) is 45.3 Å². The van der Waals surface area contributed by atoms with Crippen LogP contribution in [0.5, 0.6) is 0 Å². The second kappa shape index (κ2) is 7.59. The topological polar surface area (TPSA) is 41.6 Å². The molecule has 0 saturated carbocycles. The summed E-state index contributed by atoms with van der Waals surface area (Å²) in [7, 11) is 0. The van der Waals surface area contributed by atoms with Gasteiger partial charge in [0.1, 0.15) is 6.10 Å². The van der Waals surface area contributed by atoms with Gasteiger partial charge in [0.2, 0.25) is 0 Å². The van der Waals surface area contributed by atoms with Gasteiger partial charge in [0.25, 0.3) is 0 Å². The quantitative estimate of drug-likeness (QED) is 0.745. The number of alkyl carbamates (subject to hydrolysis) is 1. The van der Waals surface area contributed by atoms with Gasteiger partial charge in [-0.2, -0.15) is 0 Å². The van der Waals surface area contributed by atoms with Gasteiger partial charge in [0.05, 0.1) is 6.04 Å². The van der Waals surface area contributed by atoms with Gasteiger partial charge in [0, 0.05) is 12.1 Å². The molecule has 1 unspecified atom stereocenters. The molecule has 0 spiro atoms. The monoisotopic (exact) mass is 426 g/mol. The van der Waals surface area contributed by atoms with Crippen LogP contribution >= 0.6 is 0 Å². The summed E-state index contributed by atoms with van der Waals surface area (Å²) in [4.78, 5) is 15.1. The zero-order valence-electron chi connectivity index (χ0n) is 18.0. The van der Waals surface area contributed by atoms with E-state index in [1.54, 1.807) is 12.1 Å². The average Bonchev–Trinajstić information content (AvgIpc) is 2.99. The number of carbonyl (C=O) groups excluding carboxylic acids is 1. The van der Waals surface area contributed by atoms with Gasteiger partial charge < -0.3 is 10.1 Å². The fourth-order valence-corrected chi connectivity index (χ4v) is 5.56. The molecule has 4 nitrogen and oxygen atoms in total. The molecule has 6 rings (SSSR count). The average molecular weight is 427 g/mol. The smallest absolute Gasteiger partial charge is 0.407 e. The third kappa shape index (κ3) is 3.71. The molecule has 0 radical (unpaired) electrons. The Kier molecular flexibility index (Phi) is 5.00. The molecule has 2 bridgehead atoms. The zero-order valence-corrected chi connectivity index (χ0v) is 18.0. The van der Waals surface area contributed by atoms with Gasteiger partial charge in [-0.15, -0.1) is 0 Å². The molecule has 1 N–H and O–H groups in total. The lowest BCUT2D eigenvalue weighted by atomic mass is 9.85. The van der Waals surface area contributed by atoms with Gasteiger partial charge in [-0.25, -0.2) is 13.6 Å². The number of halogens is 2. The van der Waals surface area contributed by atoms with E-state index in [1.807, 2.05) is 12.1 Å². The summed E-state index contributed by atoms with van der Waals surface area (Å²) in [5.41, 5.74) is 2.73. The number of fused-ring (bicyclic) bond motifs is 4. The highest BCUT2D eigenvalue weighted by molar-refractivity contribution is 5.70. The predicted molar refractivity (Wildman–Crippen MR) is 115 cm³/mol. The van der Waals surface area contributed by atoms with Crippen LogP contribution in [0.1, 0.15) is 43.9 Å². The lowest BCUT2D eigenvalue weighted by Gasteiger charge is -2.44. The molecule has 3 aliphatic heterocycles. The molecule has 3 heterocycles. The summed E-state index contributed by atoms with van der Waals surface area (Å²) in [5, 5.41) is 3.10. The van der Waals surface area contributed by atoms with Crippen LogP contribution < -0.4 is 5.32 Å². The first kappa shape index (κ1) is 20.4. The molecule has 1 aliphatic carbocycles. The Morgan fingerprint density at radius 3 is 2.65 bits per heavy atom. The minimum absolute atomic E-state index is 0.0372. The zero-order chi connectivity index (χ0) is 21.8. The number of rotatable bonds is 3. The van der Waals surface area contributed by atoms with Crippen molar-refractivity contribution < 1.29 is 18.3 Å². The molecule has 2 atom stereocenters. The van der Waals surface area contributed by atoms with Crippen molar-refractivity contribution >= 4 is 6.09 Å². The highest BCUT2D eigenvalue weighted by Gasteiger charge is 2.42. The number of carbonyl (C=O) groups is 1. The molecule has 1 amide bonds. The standard InChI is InChI=1S/C25H28F2N2O2/c1-25(2)13-17-12-16(18-4-3-5-20(26)22(18)27)6-7-19(17)23(25)28-24(30)31-21-14-29-10-8-15(21)9-11-29/h3-7,12,15,21,23H,8-11,13-14H2,1-2H3,(H,28,30)/t21-,23?/m0/s1. The number of hydrogen-bond acceptors (Lipinski definition) is 3. The third-order valence-corrected chi connectivity index (χ3v) is 7.26. The molecule has 3 fully saturated rings. The molecular formula is C25H28F2N2O2. The van der Waals surface area contributed by atoms with Crippen LogP contribution in [0.3, 0.4) is 0 Å². The Morgan fingerprint density at radius 1 is 1.16 bits per heavy atom. The van der Waals surface area contributed by atoms with Crippen molar-refractivity contribution in [1.82, 2.24) is 10.2 Å². The van der Waals surface area contributed by atoms with Crippen molar-refractivity contribution in [2.24, 2.45) is 11.3 Å². The maximum Gasteiger partial charge on any atom is 0.407 e. The Labute approximate surface area is 181 Å². The maximum absolute atomic E-state index is 14.3. The highest BCUT2D eigenvalue weighted by atomic mass is 19.2. The molecule has 3 saturated heterocycles. The van der Waals surface area contributed by atoms with Crippen LogP contribution in [0.4, 0.5) is 13.6 Å². The van der Waals surface area contributed by atoms with Crippen molar-refractivity contribution in [1.29, 1.82) is 0 Å². The van der Waals surface area contributed by atoms with E-state index in [9.17, 15) is 13.6 Å². The van der Waals surface area contributed by atoms with Crippen molar-refractivity contribution in [2.75, 3.05) is 19.6 Å². The fourth-order valence-electron chi connectivity index (χ4n) is 5.56. The molecule has 6 heteroatoms. The summed E-state index contributed by atoms with van der Waals surface area (Å²) < 4.78 is 33.8. The first-order valence-corrected chi connectivity index (χ1v) is 11.1. The number of benzene rings is 2. The van der Waals surface area contributed by atoms with Crippen LogP contribution in [0.2, 0.25) is 0 Å². The third-order valence-electron chi connectivity index (χ3n) is 7.26. The van der Waals surface area contributed by atoms with Crippen LogP contribution in [0.15, 0.2) is 36.4 Å². The number of nitrogens with zero attached hydrogens (tertiary/aromatic N) is 1. The number of ether oxygens (including phenoxy) is 1. The van der Waals surface area contributed by atoms with Crippen LogP contribution in [0.25, 0.3) is 11.1 Å². The van der Waals surface area contributed by atoms with E-state index in [0.29, 0.717) is 11.5 Å². The summed E-state index contributed by atoms with van der Waals surface area (Å²) >= 11 is 0. The van der Waals surface area contributed by atoms with Gasteiger partial charge in [-0.05, 0) is 66.4 Å². The molecule has 31 heavy (non-hydrogen) atoms. The fraction of sp³-hybridized carbons (Fsp3) is 0.480. The molecule has 0 aromatic heterocycles. The first-order chi connectivity index (χ1) is 14.8. The first-order valence-electron chi connectivity index (χ1n) is 11.1. The minimum atomic E-state index is -0.853. The van der Waals surface area contributed by atoms with E-state index in [-0.39, 0.29) is 29.2 Å². The maximum atomic E-state index is 14.3. The summed E-state index contributed by atoms with van der Waals surface area (Å²) in [6.45, 7) is 7.24. The normalized spacial score (nSPS) is 28.3. The molecule has 4 aliphatic rings. The van der Waals surface area contributed by atoms with E-state index in [1.165, 1.54) is 6.07 Å². The van der Waals surface area contributed by atoms with Gasteiger partial charge in [-0.1, -0.05) is 44.2 Å². The molecule has 164 valence electrons. The summed E-state index contributed by atoms with van der Waals surface area (Å²) in [5.74, 6) is -1.23. The van der Waals surface area contributed by atoms with Gasteiger partial charge in [-0.3, -0.25) is 4.90 Å². The Bertz CT molecular complexity index is 1010. The number of amides is 1. The van der Waals surface area contributed by atoms with Crippen LogP contribution in [-0.2, 0) is 11.2 Å². The highest BCUT2D eigenvalue weighted by Crippen LogP contribution is 2.46. The second-order valence-corrected chi connectivity index (χ2v) is 9.84. The Morgan fingerprint density at radius 2 is 1.94 bits per heavy atom. The van der Waals surface area contributed by atoms with Crippen LogP contribution in [0, 0.1) is 23.0 Å². The van der Waals surface area contributed by atoms with E-state index < -0.39 is 11.6 Å². The minimum Gasteiger partial charge on any atom is -0.445 e. The number of nitrogens with one attached hydrogen (secondary N) is 1. The van der Waals surface area contributed by atoms with Crippen molar-refractivity contribution in [3.8, 4) is 11.1 Å². The van der Waals surface area contributed by atoms with Gasteiger partial charge in [0.15, 0.2) is 11.6 Å². The van der Waals surface area contributed by atoms with Crippen molar-refractivity contribution in [3.63, 3.8) is 0 Å². The summed E-state index contributed by atoms with van der Waals surface area (Å²) in [6.07, 6.45) is 2.51. The van der Waals surface area contributed by atoms with Crippen molar-refractivity contribution in [3.05, 3.63) is 59.2 Å². The second-order valence-electron chi connectivity index (χ2n) is 9.84.